The van der Waals surface area contributed by atoms with Crippen LogP contribution < -0.4 is 5.32 Å². The van der Waals surface area contributed by atoms with Crippen LogP contribution in [-0.4, -0.2) is 24.3 Å². The standard InChI is InChI=1S/C8H15NO/c1-6(2)3-7-4-9-5-8(7)10/h7-10H,1,3-5H2,2H3. The fourth-order valence-corrected chi connectivity index (χ4v) is 1.38. The smallest absolute Gasteiger partial charge is 0.0707 e. The first-order chi connectivity index (χ1) is 4.70. The maximum Gasteiger partial charge on any atom is 0.0707 e. The molecule has 2 unspecified atom stereocenters. The van der Waals surface area contributed by atoms with Crippen molar-refractivity contribution in [3.63, 3.8) is 0 Å². The molecular weight excluding hydrogens is 126 g/mol. The van der Waals surface area contributed by atoms with Gasteiger partial charge in [0.25, 0.3) is 0 Å². The summed E-state index contributed by atoms with van der Waals surface area (Å²) >= 11 is 0. The molecule has 1 fully saturated rings. The summed E-state index contributed by atoms with van der Waals surface area (Å²) in [4.78, 5) is 0. The molecule has 0 spiro atoms. The molecule has 1 rings (SSSR count). The minimum absolute atomic E-state index is 0.156. The van der Waals surface area contributed by atoms with E-state index >= 15 is 0 Å². The highest BCUT2D eigenvalue weighted by Crippen LogP contribution is 2.16. The van der Waals surface area contributed by atoms with E-state index < -0.39 is 0 Å². The van der Waals surface area contributed by atoms with E-state index in [0.717, 1.165) is 25.1 Å². The van der Waals surface area contributed by atoms with Gasteiger partial charge in [0.15, 0.2) is 0 Å². The molecule has 1 saturated heterocycles. The van der Waals surface area contributed by atoms with E-state index in [4.69, 9.17) is 0 Å². The molecule has 2 nitrogen and oxygen atoms in total. The van der Waals surface area contributed by atoms with Gasteiger partial charge in [0.1, 0.15) is 0 Å². The van der Waals surface area contributed by atoms with E-state index in [2.05, 4.69) is 11.9 Å². The van der Waals surface area contributed by atoms with Gasteiger partial charge in [-0.05, 0) is 13.3 Å². The predicted molar refractivity (Wildman–Crippen MR) is 41.8 cm³/mol. The van der Waals surface area contributed by atoms with Gasteiger partial charge in [0.2, 0.25) is 0 Å². The number of allylic oxidation sites excluding steroid dienone is 1. The third-order valence-corrected chi connectivity index (χ3v) is 1.91. The average Bonchev–Trinajstić information content (AvgIpc) is 2.15. The zero-order chi connectivity index (χ0) is 7.56. The molecule has 0 aromatic rings. The maximum atomic E-state index is 9.33. The average molecular weight is 141 g/mol. The Morgan fingerprint density at radius 2 is 2.40 bits per heavy atom. The Hall–Kier alpha value is -0.340. The molecule has 2 heteroatoms. The zero-order valence-electron chi connectivity index (χ0n) is 6.43. The fourth-order valence-electron chi connectivity index (χ4n) is 1.38. The lowest BCUT2D eigenvalue weighted by molar-refractivity contribution is 0.147. The van der Waals surface area contributed by atoms with E-state index in [1.807, 2.05) is 6.92 Å². The molecular formula is C8H15NO. The van der Waals surface area contributed by atoms with E-state index in [-0.39, 0.29) is 6.10 Å². The summed E-state index contributed by atoms with van der Waals surface area (Å²) < 4.78 is 0. The summed E-state index contributed by atoms with van der Waals surface area (Å²) in [7, 11) is 0. The normalized spacial score (nSPS) is 32.6. The molecule has 0 amide bonds. The Morgan fingerprint density at radius 3 is 2.80 bits per heavy atom. The summed E-state index contributed by atoms with van der Waals surface area (Å²) in [6.45, 7) is 7.51. The van der Waals surface area contributed by atoms with Gasteiger partial charge in [0, 0.05) is 19.0 Å². The number of nitrogens with one attached hydrogen (secondary N) is 1. The molecule has 0 aromatic heterocycles. The molecule has 2 N–H and O–H groups in total. The first kappa shape index (κ1) is 7.76. The molecule has 0 saturated carbocycles. The summed E-state index contributed by atoms with van der Waals surface area (Å²) in [5, 5.41) is 12.5. The summed E-state index contributed by atoms with van der Waals surface area (Å²) in [6, 6.07) is 0. The van der Waals surface area contributed by atoms with Crippen molar-refractivity contribution >= 4 is 0 Å². The third kappa shape index (κ3) is 1.82. The van der Waals surface area contributed by atoms with Gasteiger partial charge in [-0.1, -0.05) is 5.57 Å². The molecule has 58 valence electrons. The van der Waals surface area contributed by atoms with Crippen molar-refractivity contribution in [1.29, 1.82) is 0 Å². The lowest BCUT2D eigenvalue weighted by Crippen LogP contribution is -2.17. The molecule has 0 aliphatic carbocycles. The number of hydrogen-bond donors (Lipinski definition) is 2. The lowest BCUT2D eigenvalue weighted by Gasteiger charge is -2.11. The van der Waals surface area contributed by atoms with Crippen molar-refractivity contribution in [2.75, 3.05) is 13.1 Å². The van der Waals surface area contributed by atoms with Crippen molar-refractivity contribution in [2.45, 2.75) is 19.4 Å². The highest BCUT2D eigenvalue weighted by atomic mass is 16.3. The number of aliphatic hydroxyl groups excluding tert-OH is 1. The zero-order valence-corrected chi connectivity index (χ0v) is 6.43. The molecule has 2 atom stereocenters. The van der Waals surface area contributed by atoms with Crippen LogP contribution in [0, 0.1) is 5.92 Å². The predicted octanol–water partition coefficient (Wildman–Crippen LogP) is 0.533. The molecule has 0 aromatic carbocycles. The van der Waals surface area contributed by atoms with Gasteiger partial charge in [-0.15, -0.1) is 6.58 Å². The lowest BCUT2D eigenvalue weighted by atomic mass is 9.98. The maximum absolute atomic E-state index is 9.33. The second-order valence-electron chi connectivity index (χ2n) is 3.15. The SMILES string of the molecule is C=C(C)CC1CNCC1O. The van der Waals surface area contributed by atoms with Gasteiger partial charge < -0.3 is 10.4 Å². The van der Waals surface area contributed by atoms with Crippen molar-refractivity contribution in [2.24, 2.45) is 5.92 Å². The van der Waals surface area contributed by atoms with E-state index in [0.29, 0.717) is 5.92 Å². The van der Waals surface area contributed by atoms with Crippen molar-refractivity contribution in [1.82, 2.24) is 5.32 Å². The minimum atomic E-state index is -0.156. The Bertz CT molecular complexity index is 133. The minimum Gasteiger partial charge on any atom is -0.391 e. The van der Waals surface area contributed by atoms with Crippen LogP contribution >= 0.6 is 0 Å². The monoisotopic (exact) mass is 141 g/mol. The first-order valence-electron chi connectivity index (χ1n) is 3.73. The van der Waals surface area contributed by atoms with Crippen LogP contribution in [0.1, 0.15) is 13.3 Å². The van der Waals surface area contributed by atoms with Gasteiger partial charge in [-0.3, -0.25) is 0 Å². The van der Waals surface area contributed by atoms with Gasteiger partial charge in [-0.25, -0.2) is 0 Å². The van der Waals surface area contributed by atoms with Gasteiger partial charge >= 0.3 is 0 Å². The third-order valence-electron chi connectivity index (χ3n) is 1.91. The van der Waals surface area contributed by atoms with Crippen LogP contribution in [0.4, 0.5) is 0 Å². The topological polar surface area (TPSA) is 32.3 Å². The van der Waals surface area contributed by atoms with E-state index in [1.165, 1.54) is 0 Å². The molecule has 1 aliphatic rings. The highest BCUT2D eigenvalue weighted by Gasteiger charge is 2.23. The van der Waals surface area contributed by atoms with Crippen LogP contribution in [0.25, 0.3) is 0 Å². The fraction of sp³-hybridized carbons (Fsp3) is 0.750. The van der Waals surface area contributed by atoms with E-state index in [1.54, 1.807) is 0 Å². The van der Waals surface area contributed by atoms with Crippen molar-refractivity contribution in [3.8, 4) is 0 Å². The van der Waals surface area contributed by atoms with Crippen LogP contribution in [-0.2, 0) is 0 Å². The van der Waals surface area contributed by atoms with Crippen molar-refractivity contribution < 1.29 is 5.11 Å². The largest absolute Gasteiger partial charge is 0.391 e. The molecule has 1 aliphatic heterocycles. The molecule has 1 heterocycles. The van der Waals surface area contributed by atoms with Crippen LogP contribution in [0.5, 0.6) is 0 Å². The van der Waals surface area contributed by atoms with Crippen LogP contribution in [0.15, 0.2) is 12.2 Å². The summed E-state index contributed by atoms with van der Waals surface area (Å²) in [6.07, 6.45) is 0.797. The Kier molecular flexibility index (Phi) is 2.46. The van der Waals surface area contributed by atoms with Gasteiger partial charge in [0.05, 0.1) is 6.10 Å². The van der Waals surface area contributed by atoms with Gasteiger partial charge in [-0.2, -0.15) is 0 Å². The van der Waals surface area contributed by atoms with E-state index in [9.17, 15) is 5.11 Å². The first-order valence-corrected chi connectivity index (χ1v) is 3.73. The number of β-amino-alcohol motifs (C(OH)–C–C–N with tert-alkyl or cyclic N) is 1. The second kappa shape index (κ2) is 3.17. The Labute approximate surface area is 61.9 Å². The number of hydrogen-bond acceptors (Lipinski definition) is 2. The van der Waals surface area contributed by atoms with Crippen molar-refractivity contribution in [3.05, 3.63) is 12.2 Å². The highest BCUT2D eigenvalue weighted by molar-refractivity contribution is 4.95. The quantitative estimate of drug-likeness (QED) is 0.550. The Balaban J connectivity index is 2.33. The second-order valence-corrected chi connectivity index (χ2v) is 3.15. The molecule has 0 bridgehead atoms. The van der Waals surface area contributed by atoms with Crippen LogP contribution in [0.3, 0.4) is 0 Å². The van der Waals surface area contributed by atoms with Crippen LogP contribution in [0.2, 0.25) is 0 Å². The molecule has 0 radical (unpaired) electrons. The summed E-state index contributed by atoms with van der Waals surface area (Å²) in [5.74, 6) is 0.400. The summed E-state index contributed by atoms with van der Waals surface area (Å²) in [5.41, 5.74) is 1.16. The molecule has 10 heavy (non-hydrogen) atoms. The number of aliphatic hydroxyl groups is 1. The number of rotatable bonds is 2. The Morgan fingerprint density at radius 1 is 1.70 bits per heavy atom.